The number of benzene rings is 1. The van der Waals surface area contributed by atoms with Crippen LogP contribution in [-0.4, -0.2) is 13.1 Å². The van der Waals surface area contributed by atoms with Gasteiger partial charge in [0.2, 0.25) is 0 Å². The van der Waals surface area contributed by atoms with Gasteiger partial charge in [0.25, 0.3) is 0 Å². The third-order valence-electron chi connectivity index (χ3n) is 2.23. The Morgan fingerprint density at radius 1 is 1.47 bits per heavy atom. The highest BCUT2D eigenvalue weighted by molar-refractivity contribution is 6.35. The molecule has 0 saturated carbocycles. The highest BCUT2D eigenvalue weighted by Crippen LogP contribution is 2.31. The molecule has 0 bridgehead atoms. The van der Waals surface area contributed by atoms with E-state index in [4.69, 9.17) is 16.0 Å². The fraction of sp³-hybridized carbons (Fsp3) is 0.182. The molecular weight excluding hydrogens is 216 g/mol. The highest BCUT2D eigenvalue weighted by atomic mass is 35.5. The summed E-state index contributed by atoms with van der Waals surface area (Å²) in [5.41, 5.74) is 0.965. The molecule has 0 N–H and O–H groups in total. The van der Waals surface area contributed by atoms with Gasteiger partial charge < -0.3 is 9.15 Å². The summed E-state index contributed by atoms with van der Waals surface area (Å²) >= 11 is 5.94. The Morgan fingerprint density at radius 3 is 2.87 bits per heavy atom. The lowest BCUT2D eigenvalue weighted by Crippen LogP contribution is -2.01. The average Bonchev–Trinajstić information content (AvgIpc) is 2.55. The van der Waals surface area contributed by atoms with E-state index in [1.165, 1.54) is 7.11 Å². The van der Waals surface area contributed by atoms with Crippen LogP contribution in [0.25, 0.3) is 11.0 Å². The number of carbonyl (C=O) groups is 1. The molecular formula is C11H9ClO3. The van der Waals surface area contributed by atoms with Crippen LogP contribution in [0.3, 0.4) is 0 Å². The van der Waals surface area contributed by atoms with Crippen molar-refractivity contribution in [3.8, 4) is 0 Å². The molecule has 0 aliphatic heterocycles. The summed E-state index contributed by atoms with van der Waals surface area (Å²) in [6, 6.07) is 5.27. The molecule has 0 saturated heterocycles. The summed E-state index contributed by atoms with van der Waals surface area (Å²) in [5, 5.41) is 1.18. The molecule has 0 unspecified atom stereocenters. The van der Waals surface area contributed by atoms with Crippen molar-refractivity contribution < 1.29 is 13.9 Å². The van der Waals surface area contributed by atoms with Crippen molar-refractivity contribution in [1.29, 1.82) is 0 Å². The van der Waals surface area contributed by atoms with Gasteiger partial charge in [-0.3, -0.25) is 0 Å². The number of carbonyl (C=O) groups excluding carboxylic acids is 1. The normalized spacial score (nSPS) is 10.6. The van der Waals surface area contributed by atoms with E-state index in [1.807, 2.05) is 0 Å². The second-order valence-corrected chi connectivity index (χ2v) is 3.55. The maximum Gasteiger partial charge on any atom is 0.342 e. The lowest BCUT2D eigenvalue weighted by molar-refractivity contribution is 0.0601. The van der Waals surface area contributed by atoms with Gasteiger partial charge in [0.05, 0.1) is 12.1 Å². The van der Waals surface area contributed by atoms with Crippen LogP contribution in [0.2, 0.25) is 5.02 Å². The summed E-state index contributed by atoms with van der Waals surface area (Å²) in [6.45, 7) is 1.71. The van der Waals surface area contributed by atoms with Gasteiger partial charge in [-0.15, -0.1) is 0 Å². The Bertz CT molecular complexity index is 528. The van der Waals surface area contributed by atoms with Crippen molar-refractivity contribution in [3.63, 3.8) is 0 Å². The topological polar surface area (TPSA) is 39.4 Å². The molecule has 0 amide bonds. The molecule has 0 radical (unpaired) electrons. The molecule has 0 spiro atoms. The number of hydrogen-bond donors (Lipinski definition) is 0. The molecule has 4 heteroatoms. The third kappa shape index (κ3) is 1.49. The molecule has 0 aliphatic carbocycles. The number of halogens is 1. The van der Waals surface area contributed by atoms with Crippen molar-refractivity contribution >= 4 is 28.5 Å². The molecule has 1 heterocycles. The molecule has 0 aliphatic rings. The zero-order valence-corrected chi connectivity index (χ0v) is 9.09. The zero-order chi connectivity index (χ0) is 11.0. The standard InChI is InChI=1S/C11H9ClO3/c1-6-9(11(13)14-2)7-4-3-5-8(12)10(7)15-6/h3-5H,1-2H3. The van der Waals surface area contributed by atoms with Gasteiger partial charge in [0.15, 0.2) is 5.58 Å². The van der Waals surface area contributed by atoms with E-state index in [0.29, 0.717) is 27.3 Å². The predicted octanol–water partition coefficient (Wildman–Crippen LogP) is 3.18. The first-order valence-electron chi connectivity index (χ1n) is 4.41. The Balaban J connectivity index is 2.79. The van der Waals surface area contributed by atoms with Crippen molar-refractivity contribution in [2.24, 2.45) is 0 Å². The van der Waals surface area contributed by atoms with Gasteiger partial charge in [-0.2, -0.15) is 0 Å². The number of methoxy groups -OCH3 is 1. The number of aryl methyl sites for hydroxylation is 1. The lowest BCUT2D eigenvalue weighted by atomic mass is 10.1. The van der Waals surface area contributed by atoms with E-state index >= 15 is 0 Å². The SMILES string of the molecule is COC(=O)c1c(C)oc2c(Cl)cccc12. The van der Waals surface area contributed by atoms with Gasteiger partial charge in [0, 0.05) is 5.39 Å². The molecule has 2 aromatic rings. The number of fused-ring (bicyclic) bond motifs is 1. The molecule has 78 valence electrons. The Labute approximate surface area is 91.6 Å². The van der Waals surface area contributed by atoms with Gasteiger partial charge >= 0.3 is 5.97 Å². The summed E-state index contributed by atoms with van der Waals surface area (Å²) in [5.74, 6) is 0.110. The van der Waals surface area contributed by atoms with Crippen LogP contribution in [-0.2, 0) is 4.74 Å². The van der Waals surface area contributed by atoms with E-state index < -0.39 is 5.97 Å². The van der Waals surface area contributed by atoms with Gasteiger partial charge in [-0.1, -0.05) is 23.7 Å². The maximum atomic E-state index is 11.5. The van der Waals surface area contributed by atoms with E-state index in [-0.39, 0.29) is 0 Å². The number of para-hydroxylation sites is 1. The fourth-order valence-corrected chi connectivity index (χ4v) is 1.77. The summed E-state index contributed by atoms with van der Waals surface area (Å²) in [7, 11) is 1.34. The zero-order valence-electron chi connectivity index (χ0n) is 8.33. The van der Waals surface area contributed by atoms with E-state index in [0.717, 1.165) is 0 Å². The number of rotatable bonds is 1. The van der Waals surface area contributed by atoms with Crippen molar-refractivity contribution in [3.05, 3.63) is 34.5 Å². The first kappa shape index (κ1) is 10.1. The van der Waals surface area contributed by atoms with Crippen LogP contribution in [0, 0.1) is 6.92 Å². The maximum absolute atomic E-state index is 11.5. The lowest BCUT2D eigenvalue weighted by Gasteiger charge is -1.96. The fourth-order valence-electron chi connectivity index (χ4n) is 1.56. The van der Waals surface area contributed by atoms with Gasteiger partial charge in [-0.25, -0.2) is 4.79 Å². The van der Waals surface area contributed by atoms with E-state index in [2.05, 4.69) is 4.74 Å². The first-order valence-corrected chi connectivity index (χ1v) is 4.79. The van der Waals surface area contributed by atoms with Gasteiger partial charge in [0.1, 0.15) is 11.3 Å². The van der Waals surface area contributed by atoms with Crippen LogP contribution < -0.4 is 0 Å². The molecule has 0 fully saturated rings. The first-order chi connectivity index (χ1) is 7.15. The van der Waals surface area contributed by atoms with Crippen LogP contribution in [0.1, 0.15) is 16.1 Å². The summed E-state index contributed by atoms with van der Waals surface area (Å²) in [4.78, 5) is 11.5. The van der Waals surface area contributed by atoms with Gasteiger partial charge in [-0.05, 0) is 13.0 Å². The number of furan rings is 1. The van der Waals surface area contributed by atoms with Crippen LogP contribution in [0.5, 0.6) is 0 Å². The predicted molar refractivity (Wildman–Crippen MR) is 57.3 cm³/mol. The number of ether oxygens (including phenoxy) is 1. The second kappa shape index (κ2) is 3.59. The number of esters is 1. The number of hydrogen-bond acceptors (Lipinski definition) is 3. The van der Waals surface area contributed by atoms with Crippen molar-refractivity contribution in [2.75, 3.05) is 7.11 Å². The molecule has 1 aromatic heterocycles. The third-order valence-corrected chi connectivity index (χ3v) is 2.53. The summed E-state index contributed by atoms with van der Waals surface area (Å²) < 4.78 is 10.1. The van der Waals surface area contributed by atoms with E-state index in [9.17, 15) is 4.79 Å². The van der Waals surface area contributed by atoms with Crippen molar-refractivity contribution in [2.45, 2.75) is 6.92 Å². The van der Waals surface area contributed by atoms with Crippen LogP contribution in [0.15, 0.2) is 22.6 Å². The summed E-state index contributed by atoms with van der Waals surface area (Å²) in [6.07, 6.45) is 0. The molecule has 1 aromatic carbocycles. The Kier molecular flexibility index (Phi) is 2.40. The molecule has 15 heavy (non-hydrogen) atoms. The Morgan fingerprint density at radius 2 is 2.20 bits per heavy atom. The molecule has 2 rings (SSSR count). The van der Waals surface area contributed by atoms with Crippen LogP contribution >= 0.6 is 11.6 Å². The monoisotopic (exact) mass is 224 g/mol. The average molecular weight is 225 g/mol. The minimum atomic E-state index is -0.409. The Hall–Kier alpha value is -1.48. The quantitative estimate of drug-likeness (QED) is 0.699. The second-order valence-electron chi connectivity index (χ2n) is 3.14. The molecule has 3 nitrogen and oxygen atoms in total. The van der Waals surface area contributed by atoms with Crippen molar-refractivity contribution in [1.82, 2.24) is 0 Å². The van der Waals surface area contributed by atoms with Crippen LogP contribution in [0.4, 0.5) is 0 Å². The highest BCUT2D eigenvalue weighted by Gasteiger charge is 2.19. The smallest absolute Gasteiger partial charge is 0.342 e. The minimum absolute atomic E-state index is 0.409. The minimum Gasteiger partial charge on any atom is -0.465 e. The molecule has 0 atom stereocenters. The van der Waals surface area contributed by atoms with E-state index in [1.54, 1.807) is 25.1 Å². The largest absolute Gasteiger partial charge is 0.465 e.